The van der Waals surface area contributed by atoms with E-state index in [0.29, 0.717) is 0 Å². The van der Waals surface area contributed by atoms with Gasteiger partial charge in [-0.15, -0.1) is 24.3 Å². The van der Waals surface area contributed by atoms with E-state index in [9.17, 15) is 8.78 Å². The second-order valence-electron chi connectivity index (χ2n) is 2.44. The SMILES string of the molecule is Fc1cc[c-]cc1.Fc1cc[c-]cc1.[Cu].[Mg+2]. The second kappa shape index (κ2) is 11.1. The summed E-state index contributed by atoms with van der Waals surface area (Å²) < 4.78 is 23.8. The molecule has 0 nitrogen and oxygen atoms in total. The summed E-state index contributed by atoms with van der Waals surface area (Å²) in [5.41, 5.74) is 0. The average Bonchev–Trinajstić information content (AvgIpc) is 2.21. The molecule has 0 aliphatic heterocycles. The zero-order valence-electron chi connectivity index (χ0n) is 8.38. The zero-order valence-corrected chi connectivity index (χ0v) is 10.7. The van der Waals surface area contributed by atoms with Gasteiger partial charge < -0.3 is 0 Å². The molecule has 16 heavy (non-hydrogen) atoms. The van der Waals surface area contributed by atoms with Crippen molar-refractivity contribution in [2.75, 3.05) is 0 Å². The Bertz CT molecular complexity index is 316. The minimum absolute atomic E-state index is 0. The molecule has 2 aromatic rings. The molecule has 0 atom stereocenters. The minimum atomic E-state index is -0.209. The standard InChI is InChI=1S/2C6H4F.Cu.Mg/c2*7-6-4-2-1-3-5-6;;/h2*2-5H;;/q2*-1;;+2. The van der Waals surface area contributed by atoms with Gasteiger partial charge in [0, 0.05) is 28.7 Å². The van der Waals surface area contributed by atoms with Crippen molar-refractivity contribution in [3.8, 4) is 0 Å². The predicted molar refractivity (Wildman–Crippen MR) is 56.2 cm³/mol. The van der Waals surface area contributed by atoms with Crippen LogP contribution >= 0.6 is 0 Å². The maximum Gasteiger partial charge on any atom is 2.00 e. The Morgan fingerprint density at radius 2 is 0.938 bits per heavy atom. The predicted octanol–water partition coefficient (Wildman–Crippen LogP) is 2.87. The van der Waals surface area contributed by atoms with Crippen LogP contribution in [0.4, 0.5) is 8.78 Å². The Hall–Kier alpha value is -0.414. The fourth-order valence-electron chi connectivity index (χ4n) is 0.733. The molecule has 0 N–H and O–H groups in total. The van der Waals surface area contributed by atoms with E-state index in [4.69, 9.17) is 0 Å². The van der Waals surface area contributed by atoms with Crippen LogP contribution in [0.1, 0.15) is 0 Å². The van der Waals surface area contributed by atoms with E-state index in [1.807, 2.05) is 0 Å². The molecule has 0 heterocycles. The Morgan fingerprint density at radius 3 is 1.06 bits per heavy atom. The van der Waals surface area contributed by atoms with Gasteiger partial charge in [-0.25, -0.2) is 8.78 Å². The van der Waals surface area contributed by atoms with E-state index >= 15 is 0 Å². The van der Waals surface area contributed by atoms with Gasteiger partial charge in [0.2, 0.25) is 0 Å². The van der Waals surface area contributed by atoms with Crippen LogP contribution in [0.5, 0.6) is 0 Å². The average molecular weight is 278 g/mol. The Labute approximate surface area is 121 Å². The molecular formula is C12H8CuF2Mg. The van der Waals surface area contributed by atoms with E-state index in [0.717, 1.165) is 0 Å². The topological polar surface area (TPSA) is 0 Å². The van der Waals surface area contributed by atoms with Crippen LogP contribution in [-0.4, -0.2) is 23.1 Å². The van der Waals surface area contributed by atoms with Gasteiger partial charge in [0.25, 0.3) is 0 Å². The van der Waals surface area contributed by atoms with E-state index < -0.39 is 0 Å². The Morgan fingerprint density at radius 1 is 0.688 bits per heavy atom. The number of hydrogen-bond donors (Lipinski definition) is 0. The molecule has 2 aromatic carbocycles. The summed E-state index contributed by atoms with van der Waals surface area (Å²) >= 11 is 0. The van der Waals surface area contributed by atoms with Crippen molar-refractivity contribution in [3.63, 3.8) is 0 Å². The molecule has 0 spiro atoms. The monoisotopic (exact) mass is 277 g/mol. The van der Waals surface area contributed by atoms with Crippen molar-refractivity contribution >= 4 is 23.1 Å². The fourth-order valence-corrected chi connectivity index (χ4v) is 0.733. The molecule has 0 saturated carbocycles. The van der Waals surface area contributed by atoms with Gasteiger partial charge in [-0.05, 0) is 0 Å². The first-order valence-electron chi connectivity index (χ1n) is 4.02. The first-order chi connectivity index (χ1) is 6.79. The summed E-state index contributed by atoms with van der Waals surface area (Å²) in [4.78, 5) is 0. The smallest absolute Gasteiger partial charge is 0.236 e. The van der Waals surface area contributed by atoms with Gasteiger partial charge in [0.15, 0.2) is 0 Å². The van der Waals surface area contributed by atoms with Crippen LogP contribution in [0.15, 0.2) is 48.5 Å². The van der Waals surface area contributed by atoms with Crippen molar-refractivity contribution in [2.24, 2.45) is 0 Å². The van der Waals surface area contributed by atoms with E-state index in [1.165, 1.54) is 48.5 Å². The molecule has 0 amide bonds. The molecule has 0 aromatic heterocycles. The minimum Gasteiger partial charge on any atom is -0.236 e. The molecule has 0 aliphatic rings. The summed E-state index contributed by atoms with van der Waals surface area (Å²) in [5.74, 6) is -0.419. The molecule has 0 aliphatic carbocycles. The molecular weight excluding hydrogens is 270 g/mol. The third-order valence-electron chi connectivity index (χ3n) is 1.36. The van der Waals surface area contributed by atoms with E-state index in [2.05, 4.69) is 12.1 Å². The van der Waals surface area contributed by atoms with Crippen LogP contribution in [-0.2, 0) is 17.1 Å². The van der Waals surface area contributed by atoms with Crippen molar-refractivity contribution in [3.05, 3.63) is 72.3 Å². The summed E-state index contributed by atoms with van der Waals surface area (Å²) in [5, 5.41) is 0. The third-order valence-corrected chi connectivity index (χ3v) is 1.36. The third kappa shape index (κ3) is 8.86. The first kappa shape index (κ1) is 18.0. The molecule has 4 heteroatoms. The zero-order chi connectivity index (χ0) is 10.2. The molecule has 0 saturated heterocycles. The molecule has 0 unspecified atom stereocenters. The van der Waals surface area contributed by atoms with Crippen molar-refractivity contribution < 1.29 is 25.8 Å². The van der Waals surface area contributed by atoms with E-state index in [1.54, 1.807) is 0 Å². The van der Waals surface area contributed by atoms with Crippen molar-refractivity contribution in [1.29, 1.82) is 0 Å². The molecule has 0 bridgehead atoms. The molecule has 1 radical (unpaired) electrons. The Balaban J connectivity index is 0. The first-order valence-corrected chi connectivity index (χ1v) is 4.02. The summed E-state index contributed by atoms with van der Waals surface area (Å²) in [6.45, 7) is 0. The second-order valence-corrected chi connectivity index (χ2v) is 2.44. The fraction of sp³-hybridized carbons (Fsp3) is 0. The molecule has 83 valence electrons. The summed E-state index contributed by atoms with van der Waals surface area (Å²) in [6.07, 6.45) is 0. The van der Waals surface area contributed by atoms with Crippen molar-refractivity contribution in [2.45, 2.75) is 0 Å². The maximum atomic E-state index is 11.9. The van der Waals surface area contributed by atoms with Crippen molar-refractivity contribution in [1.82, 2.24) is 0 Å². The van der Waals surface area contributed by atoms with Crippen LogP contribution in [0.25, 0.3) is 0 Å². The number of halogens is 2. The van der Waals surface area contributed by atoms with Crippen LogP contribution < -0.4 is 0 Å². The van der Waals surface area contributed by atoms with Gasteiger partial charge in [0.05, 0.1) is 0 Å². The van der Waals surface area contributed by atoms with Gasteiger partial charge in [-0.1, -0.05) is 0 Å². The normalized spacial score (nSPS) is 7.62. The number of hydrogen-bond acceptors (Lipinski definition) is 0. The van der Waals surface area contributed by atoms with Crippen LogP contribution in [0, 0.1) is 23.8 Å². The summed E-state index contributed by atoms with van der Waals surface area (Å²) in [7, 11) is 0. The largest absolute Gasteiger partial charge is 2.00 e. The van der Waals surface area contributed by atoms with Crippen LogP contribution in [0.3, 0.4) is 0 Å². The molecule has 2 rings (SSSR count). The molecule has 0 fully saturated rings. The maximum absolute atomic E-state index is 11.9. The quantitative estimate of drug-likeness (QED) is 0.513. The van der Waals surface area contributed by atoms with Gasteiger partial charge >= 0.3 is 23.1 Å². The van der Waals surface area contributed by atoms with Gasteiger partial charge in [-0.3, -0.25) is 0 Å². The Kier molecular flexibility index (Phi) is 12.4. The van der Waals surface area contributed by atoms with Gasteiger partial charge in [0.1, 0.15) is 0 Å². The number of rotatable bonds is 0. The van der Waals surface area contributed by atoms with Crippen LogP contribution in [0.2, 0.25) is 0 Å². The number of benzene rings is 2. The van der Waals surface area contributed by atoms with E-state index in [-0.39, 0.29) is 51.8 Å². The summed E-state index contributed by atoms with van der Waals surface area (Å²) in [6, 6.07) is 17.0. The van der Waals surface area contributed by atoms with Gasteiger partial charge in [-0.2, -0.15) is 36.4 Å².